The van der Waals surface area contributed by atoms with Gasteiger partial charge in [-0.1, -0.05) is 18.2 Å². The number of pyridine rings is 2. The van der Waals surface area contributed by atoms with Gasteiger partial charge in [0, 0.05) is 53.8 Å². The second-order valence-corrected chi connectivity index (χ2v) is 11.7. The van der Waals surface area contributed by atoms with Crippen LogP contribution in [-0.2, 0) is 11.2 Å². The number of carbonyl (C=O) groups is 3. The molecule has 0 spiro atoms. The van der Waals surface area contributed by atoms with E-state index in [9.17, 15) is 19.2 Å². The van der Waals surface area contributed by atoms with Crippen LogP contribution in [0.5, 0.6) is 11.5 Å². The van der Waals surface area contributed by atoms with Crippen LogP contribution < -0.4 is 20.9 Å². The average Bonchev–Trinajstić information content (AvgIpc) is 3.04. The lowest BCUT2D eigenvalue weighted by atomic mass is 9.92. The van der Waals surface area contributed by atoms with Gasteiger partial charge in [-0.2, -0.15) is 0 Å². The van der Waals surface area contributed by atoms with E-state index in [1.54, 1.807) is 24.3 Å². The van der Waals surface area contributed by atoms with E-state index < -0.39 is 17.3 Å². The molecule has 3 heterocycles. The third-order valence-corrected chi connectivity index (χ3v) is 8.41. The molecule has 10 nitrogen and oxygen atoms in total. The molecule has 11 heteroatoms. The Bertz CT molecular complexity index is 1850. The maximum absolute atomic E-state index is 15.2. The summed E-state index contributed by atoms with van der Waals surface area (Å²) < 4.78 is 22.3. The van der Waals surface area contributed by atoms with Gasteiger partial charge in [-0.25, -0.2) is 9.37 Å². The van der Waals surface area contributed by atoms with Crippen molar-refractivity contribution in [2.45, 2.75) is 38.5 Å². The molecule has 2 aliphatic rings. The molecule has 2 aromatic heterocycles. The first-order valence-electron chi connectivity index (χ1n) is 15.4. The smallest absolute Gasteiger partial charge is 0.268 e. The molecule has 1 saturated heterocycles. The van der Waals surface area contributed by atoms with E-state index >= 15 is 4.39 Å². The van der Waals surface area contributed by atoms with Gasteiger partial charge in [0.25, 0.3) is 11.5 Å². The summed E-state index contributed by atoms with van der Waals surface area (Å²) in [5.41, 5.74) is 0.778. The van der Waals surface area contributed by atoms with E-state index in [4.69, 9.17) is 4.74 Å². The molecule has 2 amide bonds. The van der Waals surface area contributed by atoms with Crippen LogP contribution in [0.3, 0.4) is 0 Å². The van der Waals surface area contributed by atoms with Gasteiger partial charge in [0.15, 0.2) is 17.3 Å². The Morgan fingerprint density at radius 2 is 1.76 bits per heavy atom. The van der Waals surface area contributed by atoms with Crippen LogP contribution in [0.25, 0.3) is 5.69 Å². The number of nitrogens with one attached hydrogen (secondary N) is 2. The number of carbonyl (C=O) groups excluding carboxylic acids is 3. The van der Waals surface area contributed by atoms with Crippen molar-refractivity contribution in [3.63, 3.8) is 0 Å². The van der Waals surface area contributed by atoms with Crippen LogP contribution in [0.15, 0.2) is 77.7 Å². The summed E-state index contributed by atoms with van der Waals surface area (Å²) in [5.74, 6) is -1.02. The maximum Gasteiger partial charge on any atom is 0.268 e. The molecule has 0 bridgehead atoms. The lowest BCUT2D eigenvalue weighted by molar-refractivity contribution is -0.117. The highest BCUT2D eigenvalue weighted by molar-refractivity contribution is 6.07. The van der Waals surface area contributed by atoms with Crippen molar-refractivity contribution in [3.8, 4) is 17.2 Å². The van der Waals surface area contributed by atoms with Crippen LogP contribution in [0, 0.1) is 11.7 Å². The van der Waals surface area contributed by atoms with Crippen LogP contribution in [0.2, 0.25) is 0 Å². The van der Waals surface area contributed by atoms with Crippen LogP contribution in [0.4, 0.5) is 15.9 Å². The topological polar surface area (TPSA) is 123 Å². The minimum absolute atomic E-state index is 0.0983. The lowest BCUT2D eigenvalue weighted by Crippen LogP contribution is -2.33. The van der Waals surface area contributed by atoms with Crippen molar-refractivity contribution in [2.24, 2.45) is 5.92 Å². The van der Waals surface area contributed by atoms with Crippen molar-refractivity contribution in [3.05, 3.63) is 106 Å². The Morgan fingerprint density at radius 1 is 0.978 bits per heavy atom. The van der Waals surface area contributed by atoms with Crippen molar-refractivity contribution >= 4 is 29.1 Å². The van der Waals surface area contributed by atoms with Crippen LogP contribution in [-0.4, -0.2) is 52.2 Å². The lowest BCUT2D eigenvalue weighted by Gasteiger charge is -2.28. The number of anilines is 2. The van der Waals surface area contributed by atoms with Gasteiger partial charge in [-0.3, -0.25) is 23.7 Å². The number of ketones is 1. The number of ether oxygens (including phenoxy) is 1. The molecule has 0 radical (unpaired) electrons. The van der Waals surface area contributed by atoms with Crippen molar-refractivity contribution in [1.29, 1.82) is 0 Å². The third-order valence-electron chi connectivity index (χ3n) is 8.41. The molecule has 4 aromatic rings. The van der Waals surface area contributed by atoms with Crippen LogP contribution in [0.1, 0.15) is 58.5 Å². The Labute approximate surface area is 265 Å². The fraction of sp³-hybridized carbons (Fsp3) is 0.286. The number of piperidine rings is 1. The van der Waals surface area contributed by atoms with E-state index in [1.807, 2.05) is 6.07 Å². The van der Waals surface area contributed by atoms with E-state index in [1.165, 1.54) is 41.1 Å². The number of rotatable bonds is 8. The Morgan fingerprint density at radius 3 is 2.52 bits per heavy atom. The van der Waals surface area contributed by atoms with Crippen molar-refractivity contribution in [2.75, 3.05) is 30.8 Å². The second-order valence-electron chi connectivity index (χ2n) is 11.7. The first-order chi connectivity index (χ1) is 22.2. The minimum Gasteiger partial charge on any atom is -0.454 e. The van der Waals surface area contributed by atoms with Gasteiger partial charge >= 0.3 is 0 Å². The van der Waals surface area contributed by atoms with Gasteiger partial charge in [0.2, 0.25) is 5.91 Å². The Kier molecular flexibility index (Phi) is 9.02. The molecule has 2 aromatic carbocycles. The van der Waals surface area contributed by atoms with Crippen LogP contribution >= 0.6 is 0 Å². The number of amides is 2. The standard InChI is InChI=1S/C35H34FN5O5/c1-40-16-13-22(14-17-40)18-33(43)39-32-20-25(12-15-37-32)46-31-11-10-23(19-28(31)36)38-34(44)27-21-26-29(8-5-9-30(26)42)41(35(27)45)24-6-3-2-4-7-24/h2-4,6-7,10-12,15,19-22H,5,8-9,13-14,16-18H2,1H3,(H,38,44)(H,37,39,43). The molecule has 46 heavy (non-hydrogen) atoms. The summed E-state index contributed by atoms with van der Waals surface area (Å²) >= 11 is 0. The fourth-order valence-corrected chi connectivity index (χ4v) is 5.96. The average molecular weight is 624 g/mol. The number of para-hydroxylation sites is 1. The number of benzene rings is 2. The molecule has 1 aliphatic heterocycles. The second kappa shape index (κ2) is 13.5. The largest absolute Gasteiger partial charge is 0.454 e. The number of hydrogen-bond donors (Lipinski definition) is 2. The highest BCUT2D eigenvalue weighted by Crippen LogP contribution is 2.29. The summed E-state index contributed by atoms with van der Waals surface area (Å²) in [6.07, 6.45) is 5.28. The highest BCUT2D eigenvalue weighted by Gasteiger charge is 2.26. The molecule has 1 fully saturated rings. The summed E-state index contributed by atoms with van der Waals surface area (Å²) in [6, 6.07) is 17.1. The summed E-state index contributed by atoms with van der Waals surface area (Å²) in [7, 11) is 2.07. The molecule has 6 rings (SSSR count). The predicted octanol–water partition coefficient (Wildman–Crippen LogP) is 5.61. The summed E-state index contributed by atoms with van der Waals surface area (Å²) in [6.45, 7) is 1.94. The number of fused-ring (bicyclic) bond motifs is 1. The zero-order chi connectivity index (χ0) is 32.2. The van der Waals surface area contributed by atoms with Gasteiger partial charge in [-0.15, -0.1) is 0 Å². The van der Waals surface area contributed by atoms with Gasteiger partial charge in [0.05, 0.1) is 0 Å². The zero-order valence-corrected chi connectivity index (χ0v) is 25.4. The molecule has 1 aliphatic carbocycles. The summed E-state index contributed by atoms with van der Waals surface area (Å²) in [5, 5.41) is 5.37. The number of nitrogens with zero attached hydrogens (tertiary/aromatic N) is 3. The molecule has 236 valence electrons. The molecule has 2 N–H and O–H groups in total. The SMILES string of the molecule is CN1CCC(CC(=O)Nc2cc(Oc3ccc(NC(=O)c4cc5c(n(-c6ccccc6)c4=O)CCCC5=O)cc3F)ccn2)CC1. The molecular weight excluding hydrogens is 589 g/mol. The first-order valence-corrected chi connectivity index (χ1v) is 15.4. The van der Waals surface area contributed by atoms with E-state index in [2.05, 4.69) is 27.6 Å². The number of Topliss-reactive ketones (excluding diaryl/α,β-unsaturated/α-hetero) is 1. The number of aromatic nitrogens is 2. The van der Waals surface area contributed by atoms with Gasteiger partial charge < -0.3 is 20.3 Å². The first kappa shape index (κ1) is 30.8. The van der Waals surface area contributed by atoms with Crippen molar-refractivity contribution in [1.82, 2.24) is 14.5 Å². The normalized spacial score (nSPS) is 15.2. The summed E-state index contributed by atoms with van der Waals surface area (Å²) in [4.78, 5) is 58.7. The molecule has 0 saturated carbocycles. The van der Waals surface area contributed by atoms with E-state index in [-0.39, 0.29) is 34.4 Å². The van der Waals surface area contributed by atoms with E-state index in [0.29, 0.717) is 54.4 Å². The number of hydrogen-bond acceptors (Lipinski definition) is 7. The fourth-order valence-electron chi connectivity index (χ4n) is 5.96. The molecule has 0 atom stereocenters. The number of likely N-dealkylation sites (tertiary alicyclic amines) is 1. The maximum atomic E-state index is 15.2. The monoisotopic (exact) mass is 623 g/mol. The highest BCUT2D eigenvalue weighted by atomic mass is 19.1. The van der Waals surface area contributed by atoms with Gasteiger partial charge in [-0.05, 0) is 88.1 Å². The Hall–Kier alpha value is -5.16. The van der Waals surface area contributed by atoms with Gasteiger partial charge in [0.1, 0.15) is 17.1 Å². The number of halogens is 1. The van der Waals surface area contributed by atoms with Crippen molar-refractivity contribution < 1.29 is 23.5 Å². The quantitative estimate of drug-likeness (QED) is 0.262. The molecular formula is C35H34FN5O5. The zero-order valence-electron chi connectivity index (χ0n) is 25.4. The van der Waals surface area contributed by atoms with E-state index in [0.717, 1.165) is 32.0 Å². The molecule has 0 unspecified atom stereocenters. The third kappa shape index (κ3) is 6.89. The minimum atomic E-state index is -0.765. The predicted molar refractivity (Wildman–Crippen MR) is 171 cm³/mol. The Balaban J connectivity index is 1.15.